The molecule has 12 heteroatoms. The molecule has 0 saturated carbocycles. The number of imidazole rings is 1. The van der Waals surface area contributed by atoms with Crippen LogP contribution in [-0.2, 0) is 28.2 Å². The zero-order valence-corrected chi connectivity index (χ0v) is 17.6. The Balaban J connectivity index is 1.54. The lowest BCUT2D eigenvalue weighted by molar-refractivity contribution is -0.159. The van der Waals surface area contributed by atoms with Crippen LogP contribution in [0.25, 0.3) is 17.0 Å². The zero-order valence-electron chi connectivity index (χ0n) is 16.0. The van der Waals surface area contributed by atoms with Crippen molar-refractivity contribution in [2.45, 2.75) is 18.5 Å². The lowest BCUT2D eigenvalue weighted by atomic mass is 10.2. The van der Waals surface area contributed by atoms with Crippen molar-refractivity contribution in [1.82, 2.24) is 19.5 Å². The highest BCUT2D eigenvalue weighted by molar-refractivity contribution is 7.92. The molecule has 4 rings (SSSR count). The topological polar surface area (TPSA) is 85.7 Å². The normalized spacial score (nSPS) is 14.0. The van der Waals surface area contributed by atoms with Crippen molar-refractivity contribution < 1.29 is 21.9 Å². The number of halogens is 4. The third-order valence-electron chi connectivity index (χ3n) is 4.28. The molecule has 1 atom stereocenters. The van der Waals surface area contributed by atoms with Gasteiger partial charge < -0.3 is 8.92 Å². The SMILES string of the molecule is CS(=O)(Cc1ccc(Cl)cc1)=NCc1cn2cc(-c3noc(C(F)(F)F)n3)ccc2n1. The number of hydrogen-bond acceptors (Lipinski definition) is 6. The number of nitrogens with zero attached hydrogens (tertiary/aromatic N) is 5. The van der Waals surface area contributed by atoms with Gasteiger partial charge in [0.05, 0.1) is 18.0 Å². The third-order valence-corrected chi connectivity index (χ3v) is 6.07. The second kappa shape index (κ2) is 7.97. The summed E-state index contributed by atoms with van der Waals surface area (Å²) in [4.78, 5) is 7.77. The van der Waals surface area contributed by atoms with Crippen molar-refractivity contribution in [2.75, 3.05) is 6.26 Å². The Morgan fingerprint density at radius 1 is 1.13 bits per heavy atom. The summed E-state index contributed by atoms with van der Waals surface area (Å²) in [5, 5.41) is 3.98. The maximum Gasteiger partial charge on any atom is 0.471 e. The number of benzene rings is 1. The Bertz CT molecular complexity index is 1360. The van der Waals surface area contributed by atoms with Crippen molar-refractivity contribution in [2.24, 2.45) is 4.36 Å². The van der Waals surface area contributed by atoms with Crippen LogP contribution >= 0.6 is 11.6 Å². The van der Waals surface area contributed by atoms with Crippen molar-refractivity contribution >= 4 is 27.0 Å². The van der Waals surface area contributed by atoms with E-state index in [1.54, 1.807) is 47.2 Å². The van der Waals surface area contributed by atoms with E-state index in [1.807, 2.05) is 0 Å². The van der Waals surface area contributed by atoms with Gasteiger partial charge in [-0.15, -0.1) is 0 Å². The average Bonchev–Trinajstić information content (AvgIpc) is 3.34. The van der Waals surface area contributed by atoms with E-state index in [-0.39, 0.29) is 18.1 Å². The standard InChI is InChI=1S/C19H15ClF3N5O2S/c1-31(29,11-12-2-5-14(20)6-3-12)24-8-15-10-28-9-13(4-7-16(28)25-15)17-26-18(30-27-17)19(21,22)23/h2-7,9-10H,8,11H2,1H3. The van der Waals surface area contributed by atoms with Gasteiger partial charge in [-0.25, -0.2) is 13.6 Å². The highest BCUT2D eigenvalue weighted by Crippen LogP contribution is 2.29. The fourth-order valence-corrected chi connectivity index (χ4v) is 4.28. The first-order valence-corrected chi connectivity index (χ1v) is 11.3. The van der Waals surface area contributed by atoms with Gasteiger partial charge in [-0.1, -0.05) is 28.9 Å². The largest absolute Gasteiger partial charge is 0.471 e. The maximum absolute atomic E-state index is 12.8. The number of pyridine rings is 1. The van der Waals surface area contributed by atoms with Gasteiger partial charge >= 0.3 is 12.1 Å². The Labute approximate surface area is 180 Å². The molecule has 4 aromatic rings. The minimum absolute atomic E-state index is 0.125. The zero-order chi connectivity index (χ0) is 22.2. The molecule has 0 amide bonds. The van der Waals surface area contributed by atoms with Gasteiger partial charge in [-0.05, 0) is 29.8 Å². The predicted molar refractivity (Wildman–Crippen MR) is 109 cm³/mol. The lowest BCUT2D eigenvalue weighted by Gasteiger charge is -2.04. The number of aromatic nitrogens is 4. The molecular formula is C19H15ClF3N5O2S. The Kier molecular flexibility index (Phi) is 5.48. The lowest BCUT2D eigenvalue weighted by Crippen LogP contribution is -2.04. The molecular weight excluding hydrogens is 455 g/mol. The molecule has 7 nitrogen and oxygen atoms in total. The summed E-state index contributed by atoms with van der Waals surface area (Å²) in [5.74, 6) is -1.32. The molecule has 162 valence electrons. The van der Waals surface area contributed by atoms with Crippen LogP contribution in [0.2, 0.25) is 5.02 Å². The van der Waals surface area contributed by atoms with Crippen molar-refractivity contribution in [3.8, 4) is 11.4 Å². The smallest absolute Gasteiger partial charge is 0.329 e. The fourth-order valence-electron chi connectivity index (χ4n) is 2.85. The second-order valence-electron chi connectivity index (χ2n) is 6.85. The van der Waals surface area contributed by atoms with E-state index >= 15 is 0 Å². The van der Waals surface area contributed by atoms with E-state index in [0.29, 0.717) is 21.9 Å². The minimum Gasteiger partial charge on any atom is -0.329 e. The number of fused-ring (bicyclic) bond motifs is 1. The molecule has 1 unspecified atom stereocenters. The summed E-state index contributed by atoms with van der Waals surface area (Å²) in [6.07, 6.45) is 0.0566. The Hall–Kier alpha value is -2.92. The summed E-state index contributed by atoms with van der Waals surface area (Å²) in [7, 11) is -2.50. The summed E-state index contributed by atoms with van der Waals surface area (Å²) >= 11 is 5.87. The maximum atomic E-state index is 12.8. The van der Waals surface area contributed by atoms with Crippen LogP contribution in [0, 0.1) is 0 Å². The van der Waals surface area contributed by atoms with Gasteiger partial charge in [0.15, 0.2) is 0 Å². The van der Waals surface area contributed by atoms with Crippen LogP contribution in [0.3, 0.4) is 0 Å². The van der Waals surface area contributed by atoms with Gasteiger partial charge in [-0.2, -0.15) is 18.2 Å². The molecule has 31 heavy (non-hydrogen) atoms. The van der Waals surface area contributed by atoms with Crippen LogP contribution in [0.15, 0.2) is 57.7 Å². The van der Waals surface area contributed by atoms with E-state index < -0.39 is 21.8 Å². The first-order chi connectivity index (χ1) is 14.6. The van der Waals surface area contributed by atoms with Gasteiger partial charge in [0.1, 0.15) is 5.65 Å². The van der Waals surface area contributed by atoms with Crippen LogP contribution < -0.4 is 0 Å². The molecule has 3 aromatic heterocycles. The van der Waals surface area contributed by atoms with E-state index in [4.69, 9.17) is 11.6 Å². The van der Waals surface area contributed by atoms with Gasteiger partial charge in [-0.3, -0.25) is 0 Å². The fraction of sp³-hybridized carbons (Fsp3) is 0.211. The van der Waals surface area contributed by atoms with Crippen LogP contribution in [0.4, 0.5) is 13.2 Å². The van der Waals surface area contributed by atoms with E-state index in [0.717, 1.165) is 5.56 Å². The quantitative estimate of drug-likeness (QED) is 0.417. The highest BCUT2D eigenvalue weighted by Gasteiger charge is 2.38. The second-order valence-corrected chi connectivity index (χ2v) is 9.76. The van der Waals surface area contributed by atoms with E-state index in [2.05, 4.69) is 24.0 Å². The average molecular weight is 470 g/mol. The molecule has 0 spiro atoms. The molecule has 0 radical (unpaired) electrons. The van der Waals surface area contributed by atoms with Gasteiger partial charge in [0.25, 0.3) is 0 Å². The van der Waals surface area contributed by atoms with Crippen molar-refractivity contribution in [3.05, 3.63) is 71.0 Å². The molecule has 0 aliphatic rings. The number of rotatable bonds is 5. The molecule has 0 N–H and O–H groups in total. The molecule has 3 heterocycles. The molecule has 0 aliphatic heterocycles. The highest BCUT2D eigenvalue weighted by atomic mass is 35.5. The Morgan fingerprint density at radius 2 is 1.87 bits per heavy atom. The number of alkyl halides is 3. The van der Waals surface area contributed by atoms with Gasteiger partial charge in [0.2, 0.25) is 5.82 Å². The summed E-state index contributed by atoms with van der Waals surface area (Å²) < 4.78 is 61.0. The van der Waals surface area contributed by atoms with Crippen LogP contribution in [0.5, 0.6) is 0 Å². The predicted octanol–water partition coefficient (Wildman–Crippen LogP) is 4.85. The first-order valence-electron chi connectivity index (χ1n) is 8.88. The van der Waals surface area contributed by atoms with E-state index in [9.17, 15) is 17.4 Å². The molecule has 0 bridgehead atoms. The molecule has 0 aliphatic carbocycles. The third kappa shape index (κ3) is 5.05. The van der Waals surface area contributed by atoms with Crippen LogP contribution in [0.1, 0.15) is 17.1 Å². The number of hydrogen-bond donors (Lipinski definition) is 0. The van der Waals surface area contributed by atoms with Gasteiger partial charge in [0, 0.05) is 39.0 Å². The Morgan fingerprint density at radius 3 is 2.55 bits per heavy atom. The monoisotopic (exact) mass is 469 g/mol. The minimum atomic E-state index is -4.71. The van der Waals surface area contributed by atoms with E-state index in [1.165, 1.54) is 12.3 Å². The van der Waals surface area contributed by atoms with Crippen LogP contribution in [-0.4, -0.2) is 30.0 Å². The van der Waals surface area contributed by atoms with Crippen molar-refractivity contribution in [3.63, 3.8) is 0 Å². The molecule has 0 fully saturated rings. The first kappa shape index (κ1) is 21.3. The summed E-state index contributed by atoms with van der Waals surface area (Å²) in [6.45, 7) is 0.125. The summed E-state index contributed by atoms with van der Waals surface area (Å²) in [5.41, 5.74) is 2.30. The summed E-state index contributed by atoms with van der Waals surface area (Å²) in [6, 6.07) is 10.2. The molecule has 1 aromatic carbocycles. The van der Waals surface area contributed by atoms with Crippen molar-refractivity contribution in [1.29, 1.82) is 0 Å². The molecule has 0 saturated heterocycles.